The van der Waals surface area contributed by atoms with Crippen LogP contribution in [-0.2, 0) is 20.0 Å². The molecule has 1 fully saturated rings. The summed E-state index contributed by atoms with van der Waals surface area (Å²) in [5.41, 5.74) is 1.11. The molecule has 0 amide bonds. The highest BCUT2D eigenvalue weighted by atomic mass is 32.2. The molecule has 8 heteroatoms. The third kappa shape index (κ3) is 4.15. The van der Waals surface area contributed by atoms with E-state index in [1.54, 1.807) is 42.5 Å². The van der Waals surface area contributed by atoms with Crippen molar-refractivity contribution in [3.63, 3.8) is 0 Å². The summed E-state index contributed by atoms with van der Waals surface area (Å²) < 4.78 is 54.0. The second kappa shape index (κ2) is 8.32. The predicted octanol–water partition coefficient (Wildman–Crippen LogP) is 2.90. The summed E-state index contributed by atoms with van der Waals surface area (Å²) in [6.07, 6.45) is 0.990. The third-order valence-electron chi connectivity index (χ3n) is 5.28. The molecular weight excluding hydrogens is 396 g/mol. The van der Waals surface area contributed by atoms with Gasteiger partial charge in [-0.2, -0.15) is 8.61 Å². The van der Waals surface area contributed by atoms with Crippen LogP contribution in [0.1, 0.15) is 31.7 Å². The Morgan fingerprint density at radius 3 is 1.61 bits per heavy atom. The summed E-state index contributed by atoms with van der Waals surface area (Å²) in [5.74, 6) is 0.378. The molecule has 0 spiro atoms. The van der Waals surface area contributed by atoms with Gasteiger partial charge in [-0.3, -0.25) is 0 Å². The highest BCUT2D eigenvalue weighted by Crippen LogP contribution is 2.24. The van der Waals surface area contributed by atoms with Crippen LogP contribution in [0.3, 0.4) is 0 Å². The van der Waals surface area contributed by atoms with Crippen LogP contribution in [0.2, 0.25) is 0 Å². The summed E-state index contributed by atoms with van der Waals surface area (Å²) in [5, 5.41) is 0. The summed E-state index contributed by atoms with van der Waals surface area (Å²) >= 11 is 0. The second-order valence-corrected chi connectivity index (χ2v) is 10.9. The number of nitrogens with zero attached hydrogens (tertiary/aromatic N) is 2. The van der Waals surface area contributed by atoms with E-state index in [0.717, 1.165) is 12.0 Å². The van der Waals surface area contributed by atoms with E-state index in [4.69, 9.17) is 0 Å². The maximum Gasteiger partial charge on any atom is 0.243 e. The van der Waals surface area contributed by atoms with E-state index in [0.29, 0.717) is 5.92 Å². The Morgan fingerprint density at radius 1 is 0.750 bits per heavy atom. The Morgan fingerprint density at radius 2 is 1.18 bits per heavy atom. The SMILES string of the molecule is CCC(C)c1ccc(S(=O)(=O)N2CCN(S(=O)(=O)c3ccccc3)CC2)cc1. The van der Waals surface area contributed by atoms with Crippen LogP contribution in [0.15, 0.2) is 64.4 Å². The van der Waals surface area contributed by atoms with E-state index in [1.165, 1.54) is 8.61 Å². The van der Waals surface area contributed by atoms with Gasteiger partial charge in [0.2, 0.25) is 20.0 Å². The molecule has 2 aromatic carbocycles. The van der Waals surface area contributed by atoms with Crippen molar-refractivity contribution in [3.8, 4) is 0 Å². The van der Waals surface area contributed by atoms with Gasteiger partial charge in [-0.15, -0.1) is 0 Å². The van der Waals surface area contributed by atoms with E-state index < -0.39 is 20.0 Å². The van der Waals surface area contributed by atoms with Crippen molar-refractivity contribution in [2.24, 2.45) is 0 Å². The van der Waals surface area contributed by atoms with Crippen molar-refractivity contribution in [2.45, 2.75) is 36.0 Å². The molecule has 2 aromatic rings. The van der Waals surface area contributed by atoms with Gasteiger partial charge in [0.1, 0.15) is 0 Å². The fourth-order valence-electron chi connectivity index (χ4n) is 3.25. The molecule has 28 heavy (non-hydrogen) atoms. The first-order chi connectivity index (χ1) is 13.3. The molecule has 1 aliphatic heterocycles. The molecule has 0 aliphatic carbocycles. The first-order valence-corrected chi connectivity index (χ1v) is 12.3. The summed E-state index contributed by atoms with van der Waals surface area (Å²) in [4.78, 5) is 0.478. The zero-order chi connectivity index (χ0) is 20.4. The number of sulfonamides is 2. The lowest BCUT2D eigenvalue weighted by Gasteiger charge is -2.33. The van der Waals surface area contributed by atoms with Crippen molar-refractivity contribution in [1.29, 1.82) is 0 Å². The molecule has 152 valence electrons. The number of rotatable bonds is 6. The van der Waals surface area contributed by atoms with Crippen LogP contribution < -0.4 is 0 Å². The fraction of sp³-hybridized carbons (Fsp3) is 0.400. The van der Waals surface area contributed by atoms with E-state index >= 15 is 0 Å². The molecule has 1 heterocycles. The molecular formula is C20H26N2O4S2. The molecule has 0 bridgehead atoms. The van der Waals surface area contributed by atoms with Gasteiger partial charge in [0, 0.05) is 26.2 Å². The van der Waals surface area contributed by atoms with Crippen LogP contribution in [-0.4, -0.2) is 51.6 Å². The lowest BCUT2D eigenvalue weighted by atomic mass is 9.99. The largest absolute Gasteiger partial charge is 0.243 e. The van der Waals surface area contributed by atoms with Crippen molar-refractivity contribution < 1.29 is 16.8 Å². The molecule has 1 saturated heterocycles. The molecule has 0 aromatic heterocycles. The first-order valence-electron chi connectivity index (χ1n) is 9.42. The van der Waals surface area contributed by atoms with E-state index in [-0.39, 0.29) is 36.0 Å². The minimum atomic E-state index is -3.63. The van der Waals surface area contributed by atoms with Crippen LogP contribution in [0.25, 0.3) is 0 Å². The lowest BCUT2D eigenvalue weighted by molar-refractivity contribution is 0.273. The maximum atomic E-state index is 12.9. The van der Waals surface area contributed by atoms with Gasteiger partial charge in [-0.25, -0.2) is 16.8 Å². The molecule has 1 aliphatic rings. The van der Waals surface area contributed by atoms with E-state index in [2.05, 4.69) is 13.8 Å². The highest BCUT2D eigenvalue weighted by Gasteiger charge is 2.33. The molecule has 0 N–H and O–H groups in total. The van der Waals surface area contributed by atoms with Gasteiger partial charge in [-0.05, 0) is 42.2 Å². The van der Waals surface area contributed by atoms with Gasteiger partial charge < -0.3 is 0 Å². The Kier molecular flexibility index (Phi) is 6.24. The van der Waals surface area contributed by atoms with Gasteiger partial charge in [0.15, 0.2) is 0 Å². The van der Waals surface area contributed by atoms with E-state index in [1.807, 2.05) is 12.1 Å². The predicted molar refractivity (Wildman–Crippen MR) is 109 cm³/mol. The van der Waals surface area contributed by atoms with Crippen LogP contribution >= 0.6 is 0 Å². The molecule has 0 saturated carbocycles. The first kappa shape index (κ1) is 21.0. The highest BCUT2D eigenvalue weighted by molar-refractivity contribution is 7.89. The monoisotopic (exact) mass is 422 g/mol. The molecule has 3 rings (SSSR count). The quantitative estimate of drug-likeness (QED) is 0.717. The lowest BCUT2D eigenvalue weighted by Crippen LogP contribution is -2.50. The Balaban J connectivity index is 1.72. The molecule has 1 atom stereocenters. The summed E-state index contributed by atoms with van der Waals surface area (Å²) in [6.45, 7) is 4.76. The summed E-state index contributed by atoms with van der Waals surface area (Å²) in [7, 11) is -7.23. The van der Waals surface area contributed by atoms with Gasteiger partial charge in [-0.1, -0.05) is 44.2 Å². The minimum absolute atomic E-state index is 0.140. The fourth-order valence-corrected chi connectivity index (χ4v) is 6.11. The minimum Gasteiger partial charge on any atom is -0.207 e. The smallest absolute Gasteiger partial charge is 0.207 e. The Labute approximate surface area is 167 Å². The Bertz CT molecular complexity index is 996. The maximum absolute atomic E-state index is 12.9. The Hall–Kier alpha value is -1.74. The number of benzene rings is 2. The normalized spacial score (nSPS) is 18.1. The summed E-state index contributed by atoms with van der Waals surface area (Å²) in [6, 6.07) is 15.2. The van der Waals surface area contributed by atoms with Crippen LogP contribution in [0.4, 0.5) is 0 Å². The molecule has 1 unspecified atom stereocenters. The van der Waals surface area contributed by atoms with Crippen LogP contribution in [0.5, 0.6) is 0 Å². The molecule has 6 nitrogen and oxygen atoms in total. The number of piperazine rings is 1. The molecule has 0 radical (unpaired) electrons. The van der Waals surface area contributed by atoms with Crippen molar-refractivity contribution >= 4 is 20.0 Å². The third-order valence-corrected chi connectivity index (χ3v) is 9.10. The average Bonchev–Trinajstić information content (AvgIpc) is 2.74. The standard InChI is InChI=1S/C20H26N2O4S2/c1-3-17(2)18-9-11-20(12-10-18)28(25,26)22-15-13-21(14-16-22)27(23,24)19-7-5-4-6-8-19/h4-12,17H,3,13-16H2,1-2H3. The second-order valence-electron chi connectivity index (χ2n) is 7.00. The zero-order valence-corrected chi connectivity index (χ0v) is 17.8. The van der Waals surface area contributed by atoms with Gasteiger partial charge >= 0.3 is 0 Å². The number of hydrogen-bond donors (Lipinski definition) is 0. The van der Waals surface area contributed by atoms with Crippen molar-refractivity contribution in [3.05, 3.63) is 60.2 Å². The van der Waals surface area contributed by atoms with Gasteiger partial charge in [0.05, 0.1) is 9.79 Å². The topological polar surface area (TPSA) is 74.8 Å². The number of hydrogen-bond acceptors (Lipinski definition) is 4. The zero-order valence-electron chi connectivity index (χ0n) is 16.2. The van der Waals surface area contributed by atoms with Crippen LogP contribution in [0, 0.1) is 0 Å². The van der Waals surface area contributed by atoms with Gasteiger partial charge in [0.25, 0.3) is 0 Å². The van der Waals surface area contributed by atoms with Crippen molar-refractivity contribution in [2.75, 3.05) is 26.2 Å². The van der Waals surface area contributed by atoms with Crippen molar-refractivity contribution in [1.82, 2.24) is 8.61 Å². The average molecular weight is 423 g/mol. The van der Waals surface area contributed by atoms with E-state index in [9.17, 15) is 16.8 Å².